The summed E-state index contributed by atoms with van der Waals surface area (Å²) in [5.74, 6) is -0.321. The molecule has 3 nitrogen and oxygen atoms in total. The average Bonchev–Trinajstić information content (AvgIpc) is 2.42. The Hall–Kier alpha value is -1.29. The molecule has 0 aliphatic rings. The Bertz CT molecular complexity index is 611. The van der Waals surface area contributed by atoms with Crippen molar-refractivity contribution in [3.63, 3.8) is 0 Å². The maximum Gasteiger partial charge on any atom is 0.271 e. The van der Waals surface area contributed by atoms with Gasteiger partial charge in [-0.2, -0.15) is 0 Å². The van der Waals surface area contributed by atoms with E-state index in [1.165, 1.54) is 6.20 Å². The zero-order valence-corrected chi connectivity index (χ0v) is 12.6. The van der Waals surface area contributed by atoms with E-state index in [4.69, 9.17) is 34.8 Å². The number of carbonyl (C=O) groups excluding carboxylic acids is 1. The third-order valence-electron chi connectivity index (χ3n) is 2.70. The van der Waals surface area contributed by atoms with E-state index < -0.39 is 0 Å². The molecule has 1 N–H and O–H groups in total. The first-order valence-corrected chi connectivity index (χ1v) is 7.04. The van der Waals surface area contributed by atoms with Crippen molar-refractivity contribution in [1.82, 2.24) is 10.3 Å². The van der Waals surface area contributed by atoms with Crippen LogP contribution in [0.1, 0.15) is 16.1 Å². The molecule has 2 rings (SSSR count). The van der Waals surface area contributed by atoms with Crippen molar-refractivity contribution in [2.24, 2.45) is 0 Å². The first-order valence-electron chi connectivity index (χ1n) is 5.91. The minimum Gasteiger partial charge on any atom is -0.350 e. The van der Waals surface area contributed by atoms with Crippen molar-refractivity contribution in [2.45, 2.75) is 6.42 Å². The van der Waals surface area contributed by atoms with Crippen molar-refractivity contribution in [2.75, 3.05) is 6.54 Å². The number of halogens is 3. The number of nitrogens with zero attached hydrogens (tertiary/aromatic N) is 1. The molecule has 0 spiro atoms. The van der Waals surface area contributed by atoms with Gasteiger partial charge in [-0.1, -0.05) is 40.9 Å². The van der Waals surface area contributed by atoms with Crippen molar-refractivity contribution in [3.8, 4) is 0 Å². The Balaban J connectivity index is 1.97. The van der Waals surface area contributed by atoms with Gasteiger partial charge in [-0.15, -0.1) is 0 Å². The SMILES string of the molecule is O=C(NCCc1c(Cl)cccc1Cl)c1ncccc1Cl. The highest BCUT2D eigenvalue weighted by Crippen LogP contribution is 2.24. The lowest BCUT2D eigenvalue weighted by molar-refractivity contribution is 0.0949. The first kappa shape index (κ1) is 15.1. The number of amides is 1. The molecular formula is C14H11Cl3N2O. The van der Waals surface area contributed by atoms with Crippen LogP contribution in [0.4, 0.5) is 0 Å². The Morgan fingerprint density at radius 2 is 1.70 bits per heavy atom. The first-order chi connectivity index (χ1) is 9.59. The maximum absolute atomic E-state index is 11.9. The molecule has 1 aromatic carbocycles. The van der Waals surface area contributed by atoms with E-state index >= 15 is 0 Å². The Morgan fingerprint density at radius 3 is 2.35 bits per heavy atom. The summed E-state index contributed by atoms with van der Waals surface area (Å²) in [6, 6.07) is 8.60. The number of carbonyl (C=O) groups is 1. The molecule has 0 bridgehead atoms. The van der Waals surface area contributed by atoms with Crippen molar-refractivity contribution in [1.29, 1.82) is 0 Å². The van der Waals surface area contributed by atoms with Gasteiger partial charge in [0, 0.05) is 22.8 Å². The quantitative estimate of drug-likeness (QED) is 0.920. The van der Waals surface area contributed by atoms with E-state index in [2.05, 4.69) is 10.3 Å². The molecule has 1 amide bonds. The predicted molar refractivity (Wildman–Crippen MR) is 81.7 cm³/mol. The molecule has 0 fully saturated rings. The summed E-state index contributed by atoms with van der Waals surface area (Å²) in [6.07, 6.45) is 2.06. The predicted octanol–water partition coefficient (Wildman–Crippen LogP) is 4.01. The molecule has 2 aromatic rings. The molecule has 0 saturated heterocycles. The van der Waals surface area contributed by atoms with Gasteiger partial charge >= 0.3 is 0 Å². The second-order valence-electron chi connectivity index (χ2n) is 4.04. The zero-order chi connectivity index (χ0) is 14.5. The summed E-state index contributed by atoms with van der Waals surface area (Å²) in [5.41, 5.74) is 1.02. The van der Waals surface area contributed by atoms with Gasteiger partial charge in [0.25, 0.3) is 5.91 Å². The number of hydrogen-bond acceptors (Lipinski definition) is 2. The van der Waals surface area contributed by atoms with Gasteiger partial charge in [-0.25, -0.2) is 4.98 Å². The van der Waals surface area contributed by atoms with Gasteiger partial charge < -0.3 is 5.32 Å². The Kier molecular flexibility index (Phi) is 5.24. The zero-order valence-electron chi connectivity index (χ0n) is 10.4. The van der Waals surface area contributed by atoms with Crippen LogP contribution in [-0.2, 0) is 6.42 Å². The average molecular weight is 330 g/mol. The number of nitrogens with one attached hydrogen (secondary N) is 1. The van der Waals surface area contributed by atoms with Crippen LogP contribution in [0.3, 0.4) is 0 Å². The second kappa shape index (κ2) is 6.93. The highest BCUT2D eigenvalue weighted by atomic mass is 35.5. The number of hydrogen-bond donors (Lipinski definition) is 1. The minimum absolute atomic E-state index is 0.208. The fourth-order valence-electron chi connectivity index (χ4n) is 1.71. The van der Waals surface area contributed by atoms with Gasteiger partial charge in [-0.3, -0.25) is 4.79 Å². The van der Waals surface area contributed by atoms with E-state index in [1.807, 2.05) is 0 Å². The standard InChI is InChI=1S/C14H11Cl3N2O/c15-10-3-1-4-11(16)9(10)6-8-19-14(20)13-12(17)5-2-7-18-13/h1-5,7H,6,8H2,(H,19,20). The molecule has 0 atom stereocenters. The van der Waals surface area contributed by atoms with E-state index in [0.29, 0.717) is 28.0 Å². The fourth-order valence-corrected chi connectivity index (χ4v) is 2.50. The number of pyridine rings is 1. The van der Waals surface area contributed by atoms with Gasteiger partial charge in [0.2, 0.25) is 0 Å². The van der Waals surface area contributed by atoms with Crippen LogP contribution in [0, 0.1) is 0 Å². The summed E-state index contributed by atoms with van der Waals surface area (Å²) in [6.45, 7) is 0.398. The van der Waals surface area contributed by atoms with E-state index in [-0.39, 0.29) is 11.6 Å². The summed E-state index contributed by atoms with van der Waals surface area (Å²) >= 11 is 18.0. The summed E-state index contributed by atoms with van der Waals surface area (Å²) in [7, 11) is 0. The van der Waals surface area contributed by atoms with E-state index in [0.717, 1.165) is 5.56 Å². The lowest BCUT2D eigenvalue weighted by Crippen LogP contribution is -2.26. The highest BCUT2D eigenvalue weighted by molar-refractivity contribution is 6.36. The van der Waals surface area contributed by atoms with Crippen molar-refractivity contribution >= 4 is 40.7 Å². The monoisotopic (exact) mass is 328 g/mol. The maximum atomic E-state index is 11.9. The molecule has 0 aliphatic carbocycles. The molecule has 0 saturated carbocycles. The van der Waals surface area contributed by atoms with E-state index in [1.54, 1.807) is 30.3 Å². The molecule has 1 heterocycles. The van der Waals surface area contributed by atoms with Crippen LogP contribution < -0.4 is 5.32 Å². The molecule has 0 aliphatic heterocycles. The lowest BCUT2D eigenvalue weighted by atomic mass is 10.1. The van der Waals surface area contributed by atoms with Crippen LogP contribution in [0.5, 0.6) is 0 Å². The Labute approximate surface area is 131 Å². The molecule has 1 aromatic heterocycles. The van der Waals surface area contributed by atoms with Gasteiger partial charge in [0.05, 0.1) is 5.02 Å². The third kappa shape index (κ3) is 3.63. The van der Waals surface area contributed by atoms with Gasteiger partial charge in [0.1, 0.15) is 5.69 Å². The molecule has 104 valence electrons. The van der Waals surface area contributed by atoms with Gasteiger partial charge in [-0.05, 0) is 36.2 Å². The van der Waals surface area contributed by atoms with Crippen molar-refractivity contribution < 1.29 is 4.79 Å². The second-order valence-corrected chi connectivity index (χ2v) is 5.26. The molecular weight excluding hydrogens is 319 g/mol. The van der Waals surface area contributed by atoms with Crippen LogP contribution >= 0.6 is 34.8 Å². The smallest absolute Gasteiger partial charge is 0.271 e. The van der Waals surface area contributed by atoms with Crippen LogP contribution in [0.15, 0.2) is 36.5 Å². The van der Waals surface area contributed by atoms with Crippen LogP contribution in [0.25, 0.3) is 0 Å². The molecule has 20 heavy (non-hydrogen) atoms. The molecule has 0 unspecified atom stereocenters. The lowest BCUT2D eigenvalue weighted by Gasteiger charge is -2.08. The molecule has 6 heteroatoms. The van der Waals surface area contributed by atoms with Crippen molar-refractivity contribution in [3.05, 3.63) is 62.9 Å². The number of rotatable bonds is 4. The largest absolute Gasteiger partial charge is 0.350 e. The third-order valence-corrected chi connectivity index (χ3v) is 3.71. The Morgan fingerprint density at radius 1 is 1.05 bits per heavy atom. The van der Waals surface area contributed by atoms with Gasteiger partial charge in [0.15, 0.2) is 0 Å². The number of aromatic nitrogens is 1. The summed E-state index contributed by atoms with van der Waals surface area (Å²) < 4.78 is 0. The number of benzene rings is 1. The fraction of sp³-hybridized carbons (Fsp3) is 0.143. The minimum atomic E-state index is -0.321. The highest BCUT2D eigenvalue weighted by Gasteiger charge is 2.11. The van der Waals surface area contributed by atoms with E-state index in [9.17, 15) is 4.79 Å². The summed E-state index contributed by atoms with van der Waals surface area (Å²) in [4.78, 5) is 15.8. The molecule has 0 radical (unpaired) electrons. The summed E-state index contributed by atoms with van der Waals surface area (Å²) in [5, 5.41) is 4.23. The topological polar surface area (TPSA) is 42.0 Å². The normalized spacial score (nSPS) is 10.3. The van der Waals surface area contributed by atoms with Crippen LogP contribution in [-0.4, -0.2) is 17.4 Å². The van der Waals surface area contributed by atoms with Crippen LogP contribution in [0.2, 0.25) is 15.1 Å².